The van der Waals surface area contributed by atoms with Gasteiger partial charge >= 0.3 is 12.1 Å². The van der Waals surface area contributed by atoms with Gasteiger partial charge in [0.05, 0.1) is 19.2 Å². The van der Waals surface area contributed by atoms with E-state index in [1.165, 1.54) is 12.0 Å². The third-order valence-electron chi connectivity index (χ3n) is 5.83. The first-order valence-corrected chi connectivity index (χ1v) is 11.4. The molecule has 1 aliphatic rings. The molecule has 0 N–H and O–H groups in total. The van der Waals surface area contributed by atoms with E-state index in [0.29, 0.717) is 12.4 Å². The van der Waals surface area contributed by atoms with Crippen molar-refractivity contribution in [3.05, 3.63) is 48.7 Å². The fraction of sp³-hybridized carbons (Fsp3) is 0.423. The maximum Gasteiger partial charge on any atom is 0.411 e. The van der Waals surface area contributed by atoms with Crippen LogP contribution in [-0.4, -0.2) is 57.9 Å². The number of hydrogen-bond donors (Lipinski definition) is 0. The molecule has 1 aliphatic heterocycles. The van der Waals surface area contributed by atoms with Gasteiger partial charge in [0.1, 0.15) is 23.3 Å². The lowest BCUT2D eigenvalue weighted by Crippen LogP contribution is -2.44. The summed E-state index contributed by atoms with van der Waals surface area (Å²) in [4.78, 5) is 31.5. The van der Waals surface area contributed by atoms with E-state index in [-0.39, 0.29) is 13.0 Å². The minimum Gasteiger partial charge on any atom is -0.471 e. The van der Waals surface area contributed by atoms with E-state index >= 15 is 0 Å². The van der Waals surface area contributed by atoms with Crippen molar-refractivity contribution in [1.29, 1.82) is 0 Å². The number of amides is 1. The first kappa shape index (κ1) is 23.6. The zero-order chi connectivity index (χ0) is 24.6. The summed E-state index contributed by atoms with van der Waals surface area (Å²) in [5.41, 5.74) is 2.10. The standard InChI is InChI=1S/C26H31N3O5/c1-7-12-28-14-16(2)21-18-10-8-9-11-19(18)27-23(22(21)28)33-17-13-20(24(30)32-6)29(15-17)25(31)34-26(3,4)5/h7-11,14,17,20H,1,12-13,15H2,2-6H3/t17?,20-/m0/s1. The normalized spacial score (nSPS) is 18.3. The number of pyridine rings is 1. The molecule has 2 aromatic heterocycles. The molecular formula is C26H31N3O5. The average Bonchev–Trinajstić information content (AvgIpc) is 3.34. The first-order valence-electron chi connectivity index (χ1n) is 11.4. The third kappa shape index (κ3) is 4.44. The summed E-state index contributed by atoms with van der Waals surface area (Å²) in [7, 11) is 1.31. The number of fused-ring (bicyclic) bond motifs is 3. The van der Waals surface area contributed by atoms with Crippen LogP contribution in [0.2, 0.25) is 0 Å². The number of aromatic nitrogens is 2. The number of benzene rings is 1. The van der Waals surface area contributed by atoms with Gasteiger partial charge in [0.25, 0.3) is 0 Å². The van der Waals surface area contributed by atoms with Crippen LogP contribution in [0.5, 0.6) is 5.88 Å². The van der Waals surface area contributed by atoms with Crippen molar-refractivity contribution >= 4 is 33.9 Å². The molecule has 3 heterocycles. The number of ether oxygens (including phenoxy) is 3. The number of allylic oxidation sites excluding steroid dienone is 1. The highest BCUT2D eigenvalue weighted by molar-refractivity contribution is 6.08. The van der Waals surface area contributed by atoms with Gasteiger partial charge in [-0.3, -0.25) is 4.90 Å². The third-order valence-corrected chi connectivity index (χ3v) is 5.83. The molecule has 8 heteroatoms. The van der Waals surface area contributed by atoms with Crippen molar-refractivity contribution in [3.8, 4) is 5.88 Å². The molecule has 1 aromatic carbocycles. The summed E-state index contributed by atoms with van der Waals surface area (Å²) in [6, 6.07) is 7.14. The van der Waals surface area contributed by atoms with Crippen LogP contribution in [0.1, 0.15) is 32.8 Å². The van der Waals surface area contributed by atoms with Crippen LogP contribution in [0, 0.1) is 6.92 Å². The summed E-state index contributed by atoms with van der Waals surface area (Å²) in [5.74, 6) is -0.0391. The van der Waals surface area contributed by atoms with Gasteiger partial charge in [-0.2, -0.15) is 0 Å². The van der Waals surface area contributed by atoms with Gasteiger partial charge in [-0.15, -0.1) is 6.58 Å². The quantitative estimate of drug-likeness (QED) is 0.404. The molecule has 0 aliphatic carbocycles. The molecule has 0 saturated carbocycles. The first-order chi connectivity index (χ1) is 16.1. The summed E-state index contributed by atoms with van der Waals surface area (Å²) in [6.45, 7) is 12.1. The van der Waals surface area contributed by atoms with Crippen molar-refractivity contribution in [2.24, 2.45) is 0 Å². The molecule has 2 atom stereocenters. The second kappa shape index (κ2) is 9.00. The SMILES string of the molecule is C=CCn1cc(C)c2c3ccccc3nc(OC3C[C@@H](C(=O)OC)N(C(=O)OC(C)(C)C)C3)c21. The zero-order valence-electron chi connectivity index (χ0n) is 20.3. The van der Waals surface area contributed by atoms with E-state index in [9.17, 15) is 9.59 Å². The second-order valence-corrected chi connectivity index (χ2v) is 9.56. The van der Waals surface area contributed by atoms with Crippen LogP contribution in [-0.2, 0) is 20.8 Å². The lowest BCUT2D eigenvalue weighted by molar-refractivity contribution is -0.145. The van der Waals surface area contributed by atoms with E-state index in [1.807, 2.05) is 30.3 Å². The lowest BCUT2D eigenvalue weighted by atomic mass is 10.1. The van der Waals surface area contributed by atoms with Crippen LogP contribution in [0.25, 0.3) is 21.8 Å². The van der Waals surface area contributed by atoms with Crippen LogP contribution in [0.3, 0.4) is 0 Å². The minimum absolute atomic E-state index is 0.186. The molecule has 1 fully saturated rings. The number of nitrogens with zero attached hydrogens (tertiary/aromatic N) is 3. The molecule has 8 nitrogen and oxygen atoms in total. The number of carbonyl (C=O) groups is 2. The Morgan fingerprint density at radius 3 is 2.68 bits per heavy atom. The van der Waals surface area contributed by atoms with Gasteiger partial charge in [-0.25, -0.2) is 14.6 Å². The Hall–Kier alpha value is -3.55. The highest BCUT2D eigenvalue weighted by Crippen LogP contribution is 2.36. The summed E-state index contributed by atoms with van der Waals surface area (Å²) < 4.78 is 18.9. The van der Waals surface area contributed by atoms with Crippen molar-refractivity contribution in [2.45, 2.75) is 58.4 Å². The van der Waals surface area contributed by atoms with Crippen molar-refractivity contribution < 1.29 is 23.8 Å². The predicted molar refractivity (Wildman–Crippen MR) is 130 cm³/mol. The van der Waals surface area contributed by atoms with Gasteiger partial charge in [0, 0.05) is 29.9 Å². The average molecular weight is 466 g/mol. The van der Waals surface area contributed by atoms with Gasteiger partial charge in [0.2, 0.25) is 5.88 Å². The molecule has 3 aromatic rings. The number of carbonyl (C=O) groups excluding carboxylic acids is 2. The Kier molecular flexibility index (Phi) is 6.25. The van der Waals surface area contributed by atoms with Crippen LogP contribution in [0.15, 0.2) is 43.1 Å². The van der Waals surface area contributed by atoms with Gasteiger partial charge in [0.15, 0.2) is 0 Å². The molecule has 1 saturated heterocycles. The van der Waals surface area contributed by atoms with Gasteiger partial charge in [-0.05, 0) is 39.3 Å². The number of likely N-dealkylation sites (tertiary alicyclic amines) is 1. The van der Waals surface area contributed by atoms with Crippen LogP contribution < -0.4 is 4.74 Å². The van der Waals surface area contributed by atoms with Crippen LogP contribution >= 0.6 is 0 Å². The van der Waals surface area contributed by atoms with E-state index in [1.54, 1.807) is 20.8 Å². The summed E-state index contributed by atoms with van der Waals surface area (Å²) >= 11 is 0. The molecule has 1 amide bonds. The number of hydrogen-bond acceptors (Lipinski definition) is 6. The largest absolute Gasteiger partial charge is 0.471 e. The highest BCUT2D eigenvalue weighted by Gasteiger charge is 2.43. The van der Waals surface area contributed by atoms with Gasteiger partial charge in [-0.1, -0.05) is 24.3 Å². The van der Waals surface area contributed by atoms with E-state index in [2.05, 4.69) is 24.3 Å². The highest BCUT2D eigenvalue weighted by atomic mass is 16.6. The molecule has 0 spiro atoms. The smallest absolute Gasteiger partial charge is 0.411 e. The molecule has 0 bridgehead atoms. The van der Waals surface area contributed by atoms with Crippen molar-refractivity contribution in [3.63, 3.8) is 0 Å². The van der Waals surface area contributed by atoms with Crippen molar-refractivity contribution in [2.75, 3.05) is 13.7 Å². The Labute approximate surface area is 199 Å². The Bertz CT molecular complexity index is 1260. The topological polar surface area (TPSA) is 82.9 Å². The number of rotatable bonds is 5. The lowest BCUT2D eigenvalue weighted by Gasteiger charge is -2.27. The molecule has 180 valence electrons. The van der Waals surface area contributed by atoms with Crippen molar-refractivity contribution in [1.82, 2.24) is 14.5 Å². The minimum atomic E-state index is -0.789. The van der Waals surface area contributed by atoms with Gasteiger partial charge < -0.3 is 18.8 Å². The predicted octanol–water partition coefficient (Wildman–Crippen LogP) is 4.61. The fourth-order valence-corrected chi connectivity index (χ4v) is 4.50. The molecule has 0 radical (unpaired) electrons. The van der Waals surface area contributed by atoms with E-state index < -0.39 is 29.8 Å². The maximum atomic E-state index is 12.8. The molecule has 34 heavy (non-hydrogen) atoms. The second-order valence-electron chi connectivity index (χ2n) is 9.56. The Balaban J connectivity index is 1.73. The number of methoxy groups -OCH3 is 1. The number of aryl methyl sites for hydroxylation is 1. The maximum absolute atomic E-state index is 12.8. The van der Waals surface area contributed by atoms with E-state index in [0.717, 1.165) is 27.4 Å². The Morgan fingerprint density at radius 2 is 2.00 bits per heavy atom. The summed E-state index contributed by atoms with van der Waals surface area (Å²) in [6.07, 6.45) is 3.14. The molecular weight excluding hydrogens is 434 g/mol. The Morgan fingerprint density at radius 1 is 1.26 bits per heavy atom. The molecule has 1 unspecified atom stereocenters. The zero-order valence-corrected chi connectivity index (χ0v) is 20.3. The van der Waals surface area contributed by atoms with Crippen LogP contribution in [0.4, 0.5) is 4.79 Å². The number of esters is 1. The molecule has 4 rings (SSSR count). The number of para-hydroxylation sites is 1. The summed E-state index contributed by atoms with van der Waals surface area (Å²) in [5, 5.41) is 2.10. The fourth-order valence-electron chi connectivity index (χ4n) is 4.50. The van der Waals surface area contributed by atoms with E-state index in [4.69, 9.17) is 19.2 Å². The monoisotopic (exact) mass is 465 g/mol.